The monoisotopic (exact) mass is 518 g/mol. The molecule has 1 aliphatic rings. The molecule has 0 bridgehead atoms. The topological polar surface area (TPSA) is 13.1 Å². The molecule has 2 heteroatoms. The maximum atomic E-state index is 6.95. The highest BCUT2D eigenvalue weighted by Crippen LogP contribution is 2.59. The Hall–Kier alpha value is -4.59. The molecule has 1 atom stereocenters. The van der Waals surface area contributed by atoms with Crippen LogP contribution in [0.1, 0.15) is 22.3 Å². The number of hydrogen-bond donors (Lipinski definition) is 0. The van der Waals surface area contributed by atoms with Gasteiger partial charge in [-0.3, -0.25) is 0 Å². The van der Waals surface area contributed by atoms with Crippen molar-refractivity contribution in [3.63, 3.8) is 0 Å². The van der Waals surface area contributed by atoms with E-state index in [2.05, 4.69) is 121 Å². The van der Waals surface area contributed by atoms with Gasteiger partial charge < -0.3 is 4.42 Å². The Morgan fingerprint density at radius 3 is 2.03 bits per heavy atom. The molecule has 0 amide bonds. The number of benzene rings is 6. The average Bonchev–Trinajstić information content (AvgIpc) is 3.52. The van der Waals surface area contributed by atoms with Gasteiger partial charge in [0.05, 0.1) is 5.41 Å². The molecule has 0 N–H and O–H groups in total. The van der Waals surface area contributed by atoms with E-state index in [1.54, 1.807) is 0 Å². The molecule has 6 aromatic carbocycles. The van der Waals surface area contributed by atoms with E-state index in [0.29, 0.717) is 5.02 Å². The first-order chi connectivity index (χ1) is 19.3. The van der Waals surface area contributed by atoms with E-state index >= 15 is 0 Å². The number of hydrogen-bond acceptors (Lipinski definition) is 1. The zero-order valence-corrected chi connectivity index (χ0v) is 21.8. The third kappa shape index (κ3) is 3.08. The van der Waals surface area contributed by atoms with Crippen LogP contribution < -0.4 is 0 Å². The predicted octanol–water partition coefficient (Wildman–Crippen LogP) is 10.3. The Bertz CT molecular complexity index is 2020. The second-order valence-corrected chi connectivity index (χ2v) is 10.6. The van der Waals surface area contributed by atoms with E-state index in [1.807, 2.05) is 18.2 Å². The lowest BCUT2D eigenvalue weighted by Gasteiger charge is -2.34. The summed E-state index contributed by atoms with van der Waals surface area (Å²) in [4.78, 5) is 0. The lowest BCUT2D eigenvalue weighted by Crippen LogP contribution is -2.28. The van der Waals surface area contributed by atoms with E-state index in [1.165, 1.54) is 38.9 Å². The maximum Gasteiger partial charge on any atom is 0.140 e. The smallest absolute Gasteiger partial charge is 0.140 e. The molecular formula is C37H23ClO. The molecule has 1 heterocycles. The second kappa shape index (κ2) is 8.46. The molecule has 0 spiro atoms. The van der Waals surface area contributed by atoms with Gasteiger partial charge in [-0.2, -0.15) is 0 Å². The number of para-hydroxylation sites is 1. The molecule has 7 aromatic rings. The summed E-state index contributed by atoms with van der Waals surface area (Å²) in [6.07, 6.45) is 0. The quantitative estimate of drug-likeness (QED) is 0.227. The molecular weight excluding hydrogens is 496 g/mol. The van der Waals surface area contributed by atoms with Gasteiger partial charge in [-0.15, -0.1) is 0 Å². The summed E-state index contributed by atoms with van der Waals surface area (Å²) >= 11 is 6.95. The van der Waals surface area contributed by atoms with Crippen molar-refractivity contribution in [1.82, 2.24) is 0 Å². The molecule has 8 rings (SSSR count). The van der Waals surface area contributed by atoms with Crippen LogP contribution in [-0.4, -0.2) is 0 Å². The van der Waals surface area contributed by atoms with Gasteiger partial charge in [0, 0.05) is 21.4 Å². The fourth-order valence-corrected chi connectivity index (χ4v) is 6.92. The summed E-state index contributed by atoms with van der Waals surface area (Å²) in [5, 5.41) is 2.81. The van der Waals surface area contributed by atoms with Gasteiger partial charge in [0.15, 0.2) is 0 Å². The molecule has 1 nitrogen and oxygen atoms in total. The van der Waals surface area contributed by atoms with Crippen LogP contribution >= 0.6 is 11.6 Å². The fraction of sp³-hybridized carbons (Fsp3) is 0.0270. The Balaban J connectivity index is 1.59. The van der Waals surface area contributed by atoms with E-state index in [9.17, 15) is 0 Å². The fourth-order valence-electron chi connectivity index (χ4n) is 6.70. The van der Waals surface area contributed by atoms with Gasteiger partial charge in [-0.05, 0) is 57.1 Å². The van der Waals surface area contributed by atoms with Gasteiger partial charge in [-0.25, -0.2) is 0 Å². The SMILES string of the molecule is Clc1cc(C2(c3ccccc3)c3ccccc3-c3c(-c4ccccc4)cccc32)c2oc3ccccc3c2c1. The summed E-state index contributed by atoms with van der Waals surface area (Å²) in [6, 6.07) is 49.3. The van der Waals surface area contributed by atoms with Crippen molar-refractivity contribution >= 4 is 33.5 Å². The molecule has 184 valence electrons. The molecule has 1 aliphatic carbocycles. The van der Waals surface area contributed by atoms with Crippen molar-refractivity contribution in [3.8, 4) is 22.3 Å². The van der Waals surface area contributed by atoms with Gasteiger partial charge in [0.1, 0.15) is 11.2 Å². The average molecular weight is 519 g/mol. The van der Waals surface area contributed by atoms with E-state index in [0.717, 1.165) is 27.5 Å². The van der Waals surface area contributed by atoms with Crippen LogP contribution in [0.15, 0.2) is 144 Å². The van der Waals surface area contributed by atoms with Crippen LogP contribution in [0.25, 0.3) is 44.2 Å². The Kier molecular flexibility index (Phi) is 4.86. The van der Waals surface area contributed by atoms with Crippen molar-refractivity contribution in [2.24, 2.45) is 0 Å². The third-order valence-corrected chi connectivity index (χ3v) is 8.43. The molecule has 0 aliphatic heterocycles. The molecule has 0 saturated heterocycles. The maximum absolute atomic E-state index is 6.95. The summed E-state index contributed by atoms with van der Waals surface area (Å²) in [5.41, 5.74) is 10.8. The van der Waals surface area contributed by atoms with Crippen LogP contribution in [-0.2, 0) is 5.41 Å². The van der Waals surface area contributed by atoms with Gasteiger partial charge in [0.25, 0.3) is 0 Å². The van der Waals surface area contributed by atoms with Gasteiger partial charge in [-0.1, -0.05) is 133 Å². The molecule has 39 heavy (non-hydrogen) atoms. The van der Waals surface area contributed by atoms with Crippen molar-refractivity contribution in [1.29, 1.82) is 0 Å². The van der Waals surface area contributed by atoms with Crippen molar-refractivity contribution in [2.45, 2.75) is 5.41 Å². The summed E-state index contributed by atoms with van der Waals surface area (Å²) in [5.74, 6) is 0. The lowest BCUT2D eigenvalue weighted by atomic mass is 9.67. The third-order valence-electron chi connectivity index (χ3n) is 8.21. The van der Waals surface area contributed by atoms with E-state index in [4.69, 9.17) is 16.0 Å². The highest BCUT2D eigenvalue weighted by molar-refractivity contribution is 6.32. The summed E-state index contributed by atoms with van der Waals surface area (Å²) in [7, 11) is 0. The minimum atomic E-state index is -0.616. The first-order valence-corrected chi connectivity index (χ1v) is 13.6. The molecule has 0 fully saturated rings. The standard InChI is InChI=1S/C37H23ClO/c38-26-22-30-28-16-8-10-21-34(28)39-36(30)33(23-26)37(25-14-5-2-6-15-25)31-19-9-7-17-29(31)35-27(18-11-20-32(35)37)24-12-3-1-4-13-24/h1-23H. The highest BCUT2D eigenvalue weighted by atomic mass is 35.5. The van der Waals surface area contributed by atoms with Crippen molar-refractivity contribution < 1.29 is 4.42 Å². The Labute approximate surface area is 231 Å². The van der Waals surface area contributed by atoms with E-state index < -0.39 is 5.41 Å². The highest BCUT2D eigenvalue weighted by Gasteiger charge is 2.48. The minimum absolute atomic E-state index is 0.616. The number of furan rings is 1. The van der Waals surface area contributed by atoms with Crippen molar-refractivity contribution in [2.75, 3.05) is 0 Å². The van der Waals surface area contributed by atoms with Crippen LogP contribution in [0.5, 0.6) is 0 Å². The predicted molar refractivity (Wildman–Crippen MR) is 161 cm³/mol. The van der Waals surface area contributed by atoms with Crippen LogP contribution in [0.4, 0.5) is 0 Å². The zero-order valence-electron chi connectivity index (χ0n) is 21.1. The molecule has 1 aromatic heterocycles. The van der Waals surface area contributed by atoms with Crippen LogP contribution in [0.2, 0.25) is 5.02 Å². The molecule has 0 saturated carbocycles. The zero-order chi connectivity index (χ0) is 26.0. The molecule has 0 radical (unpaired) electrons. The minimum Gasteiger partial charge on any atom is -0.456 e. The van der Waals surface area contributed by atoms with Crippen LogP contribution in [0, 0.1) is 0 Å². The van der Waals surface area contributed by atoms with Crippen molar-refractivity contribution in [3.05, 3.63) is 167 Å². The summed E-state index contributed by atoms with van der Waals surface area (Å²) < 4.78 is 6.68. The summed E-state index contributed by atoms with van der Waals surface area (Å²) in [6.45, 7) is 0. The second-order valence-electron chi connectivity index (χ2n) is 10.2. The number of rotatable bonds is 3. The molecule has 1 unspecified atom stereocenters. The normalized spacial score (nSPS) is 15.9. The first kappa shape index (κ1) is 22.4. The first-order valence-electron chi connectivity index (χ1n) is 13.2. The Morgan fingerprint density at radius 1 is 0.513 bits per heavy atom. The van der Waals surface area contributed by atoms with Gasteiger partial charge in [0.2, 0.25) is 0 Å². The van der Waals surface area contributed by atoms with E-state index in [-0.39, 0.29) is 0 Å². The van der Waals surface area contributed by atoms with Crippen LogP contribution in [0.3, 0.4) is 0 Å². The number of halogens is 1. The number of fused-ring (bicyclic) bond motifs is 6. The Morgan fingerprint density at radius 2 is 1.18 bits per heavy atom. The largest absolute Gasteiger partial charge is 0.456 e. The van der Waals surface area contributed by atoms with Gasteiger partial charge >= 0.3 is 0 Å². The lowest BCUT2D eigenvalue weighted by molar-refractivity contribution is 0.648.